The van der Waals surface area contributed by atoms with E-state index in [4.69, 9.17) is 15.0 Å². The Morgan fingerprint density at radius 2 is 0.712 bits per heavy atom. The van der Waals surface area contributed by atoms with Gasteiger partial charge in [0.15, 0.2) is 17.5 Å². The van der Waals surface area contributed by atoms with Gasteiger partial charge in [-0.05, 0) is 77.5 Å². The molecule has 0 aliphatic carbocycles. The fourth-order valence-electron chi connectivity index (χ4n) is 7.45. The molecule has 0 unspecified atom stereocenters. The van der Waals surface area contributed by atoms with Crippen LogP contribution in [0.15, 0.2) is 188 Å². The smallest absolute Gasteiger partial charge is 0.164 e. The zero-order valence-corrected chi connectivity index (χ0v) is 28.2. The number of fused-ring (bicyclic) bond motifs is 5. The highest BCUT2D eigenvalue weighted by Crippen LogP contribution is 2.40. The van der Waals surface area contributed by atoms with E-state index in [1.54, 1.807) is 0 Å². The van der Waals surface area contributed by atoms with E-state index in [0.717, 1.165) is 33.2 Å². The molecular weight excluding hydrogens is 631 g/mol. The van der Waals surface area contributed by atoms with E-state index in [-0.39, 0.29) is 0 Å². The van der Waals surface area contributed by atoms with E-state index < -0.39 is 0 Å². The Morgan fingerprint density at radius 3 is 1.42 bits per heavy atom. The van der Waals surface area contributed by atoms with Gasteiger partial charge in [0.05, 0.1) is 0 Å². The first-order valence-corrected chi connectivity index (χ1v) is 17.6. The summed E-state index contributed by atoms with van der Waals surface area (Å²) in [6.45, 7) is 0. The average molecular weight is 662 g/mol. The number of rotatable bonds is 5. The molecule has 10 aromatic rings. The van der Waals surface area contributed by atoms with E-state index in [0.29, 0.717) is 17.5 Å². The fourth-order valence-corrected chi connectivity index (χ4v) is 7.45. The summed E-state index contributed by atoms with van der Waals surface area (Å²) in [5.74, 6) is 1.93. The Labute approximate surface area is 301 Å². The molecule has 0 radical (unpaired) electrons. The largest absolute Gasteiger partial charge is 0.208 e. The van der Waals surface area contributed by atoms with Crippen molar-refractivity contribution < 1.29 is 0 Å². The van der Waals surface area contributed by atoms with Gasteiger partial charge >= 0.3 is 0 Å². The third-order valence-corrected chi connectivity index (χ3v) is 10.1. The highest BCUT2D eigenvalue weighted by Gasteiger charge is 2.16. The first-order chi connectivity index (χ1) is 25.7. The molecule has 0 aliphatic heterocycles. The molecule has 3 nitrogen and oxygen atoms in total. The molecule has 9 aromatic carbocycles. The molecule has 0 bridgehead atoms. The molecule has 0 atom stereocenters. The Morgan fingerprint density at radius 1 is 0.231 bits per heavy atom. The molecular formula is C49H31N3. The van der Waals surface area contributed by atoms with E-state index in [1.807, 2.05) is 6.07 Å². The van der Waals surface area contributed by atoms with Crippen molar-refractivity contribution in [3.8, 4) is 56.4 Å². The quantitative estimate of drug-likeness (QED) is 0.136. The van der Waals surface area contributed by atoms with Crippen molar-refractivity contribution in [1.29, 1.82) is 0 Å². The second-order valence-electron chi connectivity index (χ2n) is 13.2. The molecule has 1 heterocycles. The minimum atomic E-state index is 0.639. The number of aromatic nitrogens is 3. The van der Waals surface area contributed by atoms with Crippen molar-refractivity contribution in [2.75, 3.05) is 0 Å². The van der Waals surface area contributed by atoms with Crippen LogP contribution in [0.4, 0.5) is 0 Å². The minimum Gasteiger partial charge on any atom is -0.208 e. The molecule has 1 aromatic heterocycles. The SMILES string of the molecule is c1ccc(-c2ccc(-c3nc(-c4ccc(-c5c6ccccc6cc6c5ccc5ccccc56)cc4)nc(-c4ccc5ccccc5c4)n3)cc2)cc1. The van der Waals surface area contributed by atoms with Crippen LogP contribution >= 0.6 is 0 Å². The Balaban J connectivity index is 1.11. The van der Waals surface area contributed by atoms with Crippen molar-refractivity contribution in [3.05, 3.63) is 188 Å². The van der Waals surface area contributed by atoms with Gasteiger partial charge in [-0.1, -0.05) is 176 Å². The van der Waals surface area contributed by atoms with Gasteiger partial charge in [-0.15, -0.1) is 0 Å². The van der Waals surface area contributed by atoms with Crippen molar-refractivity contribution >= 4 is 43.1 Å². The summed E-state index contributed by atoms with van der Waals surface area (Å²) in [6, 6.07) is 66.5. The topological polar surface area (TPSA) is 38.7 Å². The zero-order chi connectivity index (χ0) is 34.4. The molecule has 0 N–H and O–H groups in total. The second kappa shape index (κ2) is 12.4. The average Bonchev–Trinajstić information content (AvgIpc) is 3.23. The number of hydrogen-bond donors (Lipinski definition) is 0. The molecule has 52 heavy (non-hydrogen) atoms. The summed E-state index contributed by atoms with van der Waals surface area (Å²) >= 11 is 0. The highest BCUT2D eigenvalue weighted by molar-refractivity contribution is 6.20. The van der Waals surface area contributed by atoms with Crippen LogP contribution in [-0.2, 0) is 0 Å². The summed E-state index contributed by atoms with van der Waals surface area (Å²) in [5, 5.41) is 9.80. The Bertz CT molecular complexity index is 2930. The monoisotopic (exact) mass is 661 g/mol. The van der Waals surface area contributed by atoms with Crippen molar-refractivity contribution in [2.45, 2.75) is 0 Å². The molecule has 10 rings (SSSR count). The second-order valence-corrected chi connectivity index (χ2v) is 13.2. The van der Waals surface area contributed by atoms with Crippen LogP contribution in [0.2, 0.25) is 0 Å². The van der Waals surface area contributed by atoms with E-state index in [9.17, 15) is 0 Å². The molecule has 0 aliphatic rings. The maximum atomic E-state index is 5.09. The summed E-state index contributed by atoms with van der Waals surface area (Å²) in [6.07, 6.45) is 0. The fraction of sp³-hybridized carbons (Fsp3) is 0. The van der Waals surface area contributed by atoms with Gasteiger partial charge in [0.25, 0.3) is 0 Å². The molecule has 3 heteroatoms. The van der Waals surface area contributed by atoms with Crippen molar-refractivity contribution in [2.24, 2.45) is 0 Å². The van der Waals surface area contributed by atoms with Gasteiger partial charge in [0, 0.05) is 16.7 Å². The predicted molar refractivity (Wildman–Crippen MR) is 217 cm³/mol. The molecule has 0 fully saturated rings. The molecule has 242 valence electrons. The van der Waals surface area contributed by atoms with E-state index >= 15 is 0 Å². The molecule has 0 spiro atoms. The first kappa shape index (κ1) is 29.9. The van der Waals surface area contributed by atoms with Gasteiger partial charge in [-0.25, -0.2) is 15.0 Å². The van der Waals surface area contributed by atoms with Crippen LogP contribution in [-0.4, -0.2) is 15.0 Å². The van der Waals surface area contributed by atoms with Gasteiger partial charge in [0.1, 0.15) is 0 Å². The lowest BCUT2D eigenvalue weighted by Crippen LogP contribution is -2.00. The minimum absolute atomic E-state index is 0.639. The van der Waals surface area contributed by atoms with Crippen molar-refractivity contribution in [1.82, 2.24) is 15.0 Å². The van der Waals surface area contributed by atoms with Crippen molar-refractivity contribution in [3.63, 3.8) is 0 Å². The number of nitrogens with zero attached hydrogens (tertiary/aromatic N) is 3. The standard InChI is InChI=1S/C49H31N3/c1-2-10-32(11-3-1)34-18-23-37(24-19-34)47-50-48(52-49(51-47)41-27-20-33-12-4-5-14-39(33)30-41)38-25-21-36(22-26-38)46-43-17-9-7-15-40(43)31-45-42-16-8-6-13-35(42)28-29-44(45)46/h1-31H. The van der Waals surface area contributed by atoms with Crippen LogP contribution < -0.4 is 0 Å². The lowest BCUT2D eigenvalue weighted by atomic mass is 9.89. The van der Waals surface area contributed by atoms with Gasteiger partial charge < -0.3 is 0 Å². The highest BCUT2D eigenvalue weighted by atomic mass is 15.0. The maximum Gasteiger partial charge on any atom is 0.164 e. The van der Waals surface area contributed by atoms with Gasteiger partial charge in [-0.2, -0.15) is 0 Å². The predicted octanol–water partition coefficient (Wildman–Crippen LogP) is 12.8. The lowest BCUT2D eigenvalue weighted by molar-refractivity contribution is 1.07. The Kier molecular flexibility index (Phi) is 7.14. The van der Waals surface area contributed by atoms with Gasteiger partial charge in [0.2, 0.25) is 0 Å². The van der Waals surface area contributed by atoms with Crippen LogP contribution in [0.5, 0.6) is 0 Å². The summed E-state index contributed by atoms with van der Waals surface area (Å²) < 4.78 is 0. The van der Waals surface area contributed by atoms with Gasteiger partial charge in [-0.3, -0.25) is 0 Å². The van der Waals surface area contributed by atoms with Crippen LogP contribution in [0.1, 0.15) is 0 Å². The summed E-state index contributed by atoms with van der Waals surface area (Å²) in [7, 11) is 0. The third-order valence-electron chi connectivity index (χ3n) is 10.1. The first-order valence-electron chi connectivity index (χ1n) is 17.6. The summed E-state index contributed by atoms with van der Waals surface area (Å²) in [5.41, 5.74) is 7.54. The van der Waals surface area contributed by atoms with E-state index in [1.165, 1.54) is 48.8 Å². The third kappa shape index (κ3) is 5.28. The molecule has 0 amide bonds. The summed E-state index contributed by atoms with van der Waals surface area (Å²) in [4.78, 5) is 15.2. The van der Waals surface area contributed by atoms with Crippen LogP contribution in [0, 0.1) is 0 Å². The Hall–Kier alpha value is -6.97. The normalized spacial score (nSPS) is 11.5. The zero-order valence-electron chi connectivity index (χ0n) is 28.2. The number of hydrogen-bond acceptors (Lipinski definition) is 3. The maximum absolute atomic E-state index is 5.09. The van der Waals surface area contributed by atoms with E-state index in [2.05, 4.69) is 182 Å². The lowest BCUT2D eigenvalue weighted by Gasteiger charge is -2.14. The number of benzene rings is 9. The van der Waals surface area contributed by atoms with Crippen LogP contribution in [0.25, 0.3) is 99.5 Å². The van der Waals surface area contributed by atoms with Crippen LogP contribution in [0.3, 0.4) is 0 Å². The molecule has 0 saturated carbocycles. The molecule has 0 saturated heterocycles.